The van der Waals surface area contributed by atoms with Crippen molar-refractivity contribution in [3.05, 3.63) is 0 Å². The molecule has 8 atom stereocenters. The molecule has 46 heavy (non-hydrogen) atoms. The largest absolute Gasteiger partial charge is 0.472 e. The van der Waals surface area contributed by atoms with Crippen molar-refractivity contribution in [2.24, 2.45) is 0 Å². The first kappa shape index (κ1) is 43.5. The van der Waals surface area contributed by atoms with Gasteiger partial charge in [-0.1, -0.05) is 84.0 Å². The van der Waals surface area contributed by atoms with Crippen LogP contribution in [0.5, 0.6) is 0 Å². The summed E-state index contributed by atoms with van der Waals surface area (Å²) in [6, 6.07) is 0. The van der Waals surface area contributed by atoms with Gasteiger partial charge >= 0.3 is 21.6 Å². The molecule has 0 aromatic rings. The van der Waals surface area contributed by atoms with E-state index in [1.807, 2.05) is 0 Å². The summed E-state index contributed by atoms with van der Waals surface area (Å²) < 4.78 is 48.2. The predicted octanol–water partition coefficient (Wildman–Crippen LogP) is 2.56. The number of phosphoric acid groups is 2. The van der Waals surface area contributed by atoms with Crippen molar-refractivity contribution in [1.82, 2.24) is 0 Å². The van der Waals surface area contributed by atoms with E-state index in [2.05, 4.69) is 11.4 Å². The number of unbranched alkanes of at least 4 members (excludes halogenated alkanes) is 12. The summed E-state index contributed by atoms with van der Waals surface area (Å²) in [4.78, 5) is 40.8. The minimum absolute atomic E-state index is 0.0956. The molecule has 0 heterocycles. The summed E-state index contributed by atoms with van der Waals surface area (Å²) in [7, 11) is -10.5. The number of hydrogen-bond acceptors (Lipinski definition) is 13. The highest BCUT2D eigenvalue weighted by Gasteiger charge is 2.54. The van der Waals surface area contributed by atoms with E-state index >= 15 is 0 Å². The molecule has 1 aliphatic carbocycles. The van der Waals surface area contributed by atoms with Crippen molar-refractivity contribution in [1.29, 1.82) is 0 Å². The van der Waals surface area contributed by atoms with Crippen molar-refractivity contribution in [2.45, 2.75) is 152 Å². The smallest absolute Gasteiger partial charge is 0.460 e. The maximum absolute atomic E-state index is 12.7. The maximum Gasteiger partial charge on any atom is 0.472 e. The van der Waals surface area contributed by atoms with Crippen molar-refractivity contribution < 1.29 is 77.2 Å². The number of esters is 1. The van der Waals surface area contributed by atoms with E-state index in [9.17, 15) is 39.2 Å². The first-order chi connectivity index (χ1) is 21.7. The minimum atomic E-state index is -5.32. The molecular weight excluding hydrogens is 654 g/mol. The number of ether oxygens (including phenoxy) is 2. The minimum Gasteiger partial charge on any atom is -0.460 e. The van der Waals surface area contributed by atoms with E-state index in [1.165, 1.54) is 51.4 Å². The topological polar surface area (TPSA) is 259 Å². The highest BCUT2D eigenvalue weighted by molar-refractivity contribution is 7.47. The Hall–Kier alpha value is -0.550. The van der Waals surface area contributed by atoms with Crippen molar-refractivity contribution >= 4 is 21.6 Å². The van der Waals surface area contributed by atoms with Gasteiger partial charge in [0.1, 0.15) is 49.5 Å². The van der Waals surface area contributed by atoms with E-state index in [-0.39, 0.29) is 25.9 Å². The molecule has 0 aromatic carbocycles. The van der Waals surface area contributed by atoms with Crippen LogP contribution in [0.15, 0.2) is 0 Å². The molecular formula is C28H56O16P2. The lowest BCUT2D eigenvalue weighted by molar-refractivity contribution is -0.216. The monoisotopic (exact) mass is 710 g/mol. The van der Waals surface area contributed by atoms with Gasteiger partial charge in [0.2, 0.25) is 0 Å². The van der Waals surface area contributed by atoms with Gasteiger partial charge in [0.05, 0.1) is 6.61 Å². The van der Waals surface area contributed by atoms with Gasteiger partial charge in [0.25, 0.3) is 0 Å². The van der Waals surface area contributed by atoms with E-state index in [4.69, 9.17) is 33.4 Å². The molecule has 1 saturated carbocycles. The summed E-state index contributed by atoms with van der Waals surface area (Å²) in [6.45, 7) is 1.11. The van der Waals surface area contributed by atoms with Crippen LogP contribution in [-0.4, -0.2) is 109 Å². The molecule has 0 aromatic heterocycles. The Morgan fingerprint density at radius 2 is 1.20 bits per heavy atom. The Balaban J connectivity index is 2.54. The molecule has 0 saturated heterocycles. The van der Waals surface area contributed by atoms with Crippen LogP contribution >= 0.6 is 15.6 Å². The third-order valence-electron chi connectivity index (χ3n) is 7.67. The van der Waals surface area contributed by atoms with Crippen molar-refractivity contribution in [3.8, 4) is 0 Å². The van der Waals surface area contributed by atoms with Gasteiger partial charge in [-0.3, -0.25) is 18.4 Å². The van der Waals surface area contributed by atoms with Gasteiger partial charge in [-0.05, 0) is 19.3 Å². The van der Waals surface area contributed by atoms with Crippen LogP contribution in [0, 0.1) is 0 Å². The Morgan fingerprint density at radius 3 is 1.70 bits per heavy atom. The number of carbonyl (C=O) groups excluding carboxylic acids is 1. The molecule has 8 N–H and O–H groups in total. The molecule has 274 valence electrons. The fourth-order valence-electron chi connectivity index (χ4n) is 5.14. The number of rotatable bonds is 27. The van der Waals surface area contributed by atoms with E-state index in [1.54, 1.807) is 0 Å². The second-order valence-electron chi connectivity index (χ2n) is 11.6. The van der Waals surface area contributed by atoms with Crippen LogP contribution < -0.4 is 0 Å². The van der Waals surface area contributed by atoms with Gasteiger partial charge in [-0.2, -0.15) is 0 Å². The number of aliphatic hydroxyl groups is 5. The molecule has 0 aliphatic heterocycles. The average Bonchev–Trinajstić information content (AvgIpc) is 2.99. The number of hydrogen-bond donors (Lipinski definition) is 8. The summed E-state index contributed by atoms with van der Waals surface area (Å²) in [5.74, 6) is -0.555. The molecule has 0 bridgehead atoms. The van der Waals surface area contributed by atoms with Crippen LogP contribution in [0.4, 0.5) is 0 Å². The normalized spacial score (nSPS) is 25.7. The third kappa shape index (κ3) is 18.8. The molecule has 1 aliphatic rings. The van der Waals surface area contributed by atoms with Gasteiger partial charge in [0.15, 0.2) is 0 Å². The lowest BCUT2D eigenvalue weighted by atomic mass is 9.85. The molecule has 4 unspecified atom stereocenters. The summed E-state index contributed by atoms with van der Waals surface area (Å²) >= 11 is 0. The van der Waals surface area contributed by atoms with Crippen LogP contribution in [0.3, 0.4) is 0 Å². The second kappa shape index (κ2) is 23.7. The van der Waals surface area contributed by atoms with Crippen LogP contribution in [0.1, 0.15) is 110 Å². The van der Waals surface area contributed by atoms with Gasteiger partial charge < -0.3 is 49.7 Å². The van der Waals surface area contributed by atoms with Gasteiger partial charge in [-0.25, -0.2) is 9.13 Å². The zero-order valence-corrected chi connectivity index (χ0v) is 28.5. The van der Waals surface area contributed by atoms with Crippen molar-refractivity contribution in [2.75, 3.05) is 20.0 Å². The molecule has 16 nitrogen and oxygen atoms in total. The van der Waals surface area contributed by atoms with Crippen LogP contribution in [-0.2, 0) is 37.0 Å². The highest BCUT2D eigenvalue weighted by atomic mass is 31.2. The SMILES string of the molecule is CCCCCCCCCCCCCCCC(=O)O[C@H](CCCOCO)COP(=O)(O)OC1C(O)[C@H](OP(=O)(O)O)[C@H](O)C(O)[C@@H]1O. The fraction of sp³-hybridized carbons (Fsp3) is 0.964. The number of phosphoric ester groups is 2. The predicted molar refractivity (Wildman–Crippen MR) is 164 cm³/mol. The van der Waals surface area contributed by atoms with Gasteiger partial charge in [-0.15, -0.1) is 0 Å². The molecule has 18 heteroatoms. The molecule has 0 radical (unpaired) electrons. The highest BCUT2D eigenvalue weighted by Crippen LogP contribution is 2.49. The van der Waals surface area contributed by atoms with E-state index in [0.717, 1.165) is 25.7 Å². The zero-order chi connectivity index (χ0) is 34.6. The Labute approximate surface area is 271 Å². The average molecular weight is 711 g/mol. The Morgan fingerprint density at radius 1 is 0.696 bits per heavy atom. The second-order valence-corrected chi connectivity index (χ2v) is 14.2. The third-order valence-corrected chi connectivity index (χ3v) is 9.18. The van der Waals surface area contributed by atoms with E-state index in [0.29, 0.717) is 6.42 Å². The number of aliphatic hydroxyl groups excluding tert-OH is 5. The molecule has 1 rings (SSSR count). The Bertz CT molecular complexity index is 905. The lowest BCUT2D eigenvalue weighted by Crippen LogP contribution is -2.64. The van der Waals surface area contributed by atoms with E-state index < -0.39 is 77.7 Å². The number of carbonyl (C=O) groups is 1. The van der Waals surface area contributed by atoms with Crippen LogP contribution in [0.2, 0.25) is 0 Å². The summed E-state index contributed by atoms with van der Waals surface area (Å²) in [5, 5.41) is 49.4. The standard InChI is InChI=1S/C28H56O16P2/c1-2-3-4-5-6-7-8-9-10-11-12-13-14-17-22(30)42-21(16-15-18-40-20-29)19-41-46(38,39)44-28-25(33)23(31)24(32)27(26(28)34)43-45(35,36)37/h21,23-29,31-34H,2-20H2,1H3,(H,38,39)(H2,35,36,37)/t21-,23?,24-,25+,26?,27-,28?/m1/s1. The maximum atomic E-state index is 12.7. The fourth-order valence-corrected chi connectivity index (χ4v) is 6.68. The first-order valence-corrected chi connectivity index (χ1v) is 19.2. The van der Waals surface area contributed by atoms with Crippen LogP contribution in [0.25, 0.3) is 0 Å². The van der Waals surface area contributed by atoms with Gasteiger partial charge in [0, 0.05) is 13.0 Å². The first-order valence-electron chi connectivity index (χ1n) is 16.2. The molecule has 0 spiro atoms. The quantitative estimate of drug-likeness (QED) is 0.0264. The zero-order valence-electron chi connectivity index (χ0n) is 26.7. The summed E-state index contributed by atoms with van der Waals surface area (Å²) in [5.41, 5.74) is 0. The summed E-state index contributed by atoms with van der Waals surface area (Å²) in [6.07, 6.45) is 1.15. The Kier molecular flexibility index (Phi) is 22.4. The van der Waals surface area contributed by atoms with Crippen molar-refractivity contribution in [3.63, 3.8) is 0 Å². The lowest BCUT2D eigenvalue weighted by Gasteiger charge is -2.43. The molecule has 0 amide bonds. The molecule has 1 fully saturated rings.